The number of hydrogen-bond acceptors (Lipinski definition) is 5. The van der Waals surface area contributed by atoms with Crippen molar-refractivity contribution in [3.63, 3.8) is 0 Å². The SMILES string of the molecule is OCCCSc1nnc(N2CCCC2)n1-c1cccc(Cl)c1. The summed E-state index contributed by atoms with van der Waals surface area (Å²) in [6, 6.07) is 7.75. The minimum absolute atomic E-state index is 0.192. The van der Waals surface area contributed by atoms with Crippen molar-refractivity contribution in [2.24, 2.45) is 0 Å². The van der Waals surface area contributed by atoms with Crippen molar-refractivity contribution in [3.05, 3.63) is 29.3 Å². The Kier molecular flexibility index (Phi) is 5.23. The third kappa shape index (κ3) is 3.39. The standard InChI is InChI=1S/C15H19ClN4OS/c16-12-5-3-6-13(11-12)20-14(19-7-1-2-8-19)17-18-15(20)22-10-4-9-21/h3,5-6,11,21H,1-2,4,7-10H2. The van der Waals surface area contributed by atoms with E-state index in [-0.39, 0.29) is 6.61 Å². The fourth-order valence-electron chi connectivity index (χ4n) is 2.55. The summed E-state index contributed by atoms with van der Waals surface area (Å²) < 4.78 is 2.07. The van der Waals surface area contributed by atoms with Gasteiger partial charge in [-0.1, -0.05) is 29.4 Å². The molecular formula is C15H19ClN4OS. The van der Waals surface area contributed by atoms with Gasteiger partial charge in [-0.25, -0.2) is 0 Å². The summed E-state index contributed by atoms with van der Waals surface area (Å²) in [6.07, 6.45) is 3.12. The Morgan fingerprint density at radius 2 is 2.05 bits per heavy atom. The Hall–Kier alpha value is -1.24. The number of thioether (sulfide) groups is 1. The van der Waals surface area contributed by atoms with Gasteiger partial charge in [-0.3, -0.25) is 4.57 Å². The number of aromatic nitrogens is 3. The molecule has 0 amide bonds. The molecule has 2 aromatic rings. The molecule has 1 aliphatic rings. The van der Waals surface area contributed by atoms with Gasteiger partial charge < -0.3 is 10.0 Å². The average Bonchev–Trinajstić information content (AvgIpc) is 3.16. The lowest BCUT2D eigenvalue weighted by Gasteiger charge is -2.18. The van der Waals surface area contributed by atoms with E-state index in [0.717, 1.165) is 42.1 Å². The fraction of sp³-hybridized carbons (Fsp3) is 0.467. The first kappa shape index (κ1) is 15.6. The molecule has 1 fully saturated rings. The summed E-state index contributed by atoms with van der Waals surface area (Å²) >= 11 is 7.76. The van der Waals surface area contributed by atoms with E-state index >= 15 is 0 Å². The van der Waals surface area contributed by atoms with Crippen LogP contribution in [0.3, 0.4) is 0 Å². The van der Waals surface area contributed by atoms with Gasteiger partial charge in [0.15, 0.2) is 5.16 Å². The molecule has 1 aromatic heterocycles. The molecule has 1 saturated heterocycles. The van der Waals surface area contributed by atoms with Gasteiger partial charge in [-0.15, -0.1) is 10.2 Å². The zero-order chi connectivity index (χ0) is 15.4. The summed E-state index contributed by atoms with van der Waals surface area (Å²) in [5.41, 5.74) is 0.978. The number of nitrogens with zero attached hydrogens (tertiary/aromatic N) is 4. The van der Waals surface area contributed by atoms with Crippen LogP contribution in [-0.2, 0) is 0 Å². The van der Waals surface area contributed by atoms with Crippen LogP contribution in [0.25, 0.3) is 5.69 Å². The predicted octanol–water partition coefficient (Wildman–Crippen LogP) is 3.00. The maximum atomic E-state index is 8.96. The van der Waals surface area contributed by atoms with Gasteiger partial charge in [0.05, 0.1) is 5.69 Å². The number of anilines is 1. The summed E-state index contributed by atoms with van der Waals surface area (Å²) in [5.74, 6) is 1.70. The highest BCUT2D eigenvalue weighted by atomic mass is 35.5. The molecule has 22 heavy (non-hydrogen) atoms. The molecule has 0 saturated carbocycles. The molecule has 118 valence electrons. The Labute approximate surface area is 139 Å². The molecule has 0 spiro atoms. The number of hydrogen-bond donors (Lipinski definition) is 1. The van der Waals surface area contributed by atoms with E-state index in [2.05, 4.69) is 19.7 Å². The Morgan fingerprint density at radius 3 is 2.77 bits per heavy atom. The Balaban J connectivity index is 1.96. The third-order valence-corrected chi connectivity index (χ3v) is 4.86. The second kappa shape index (κ2) is 7.35. The van der Waals surface area contributed by atoms with Gasteiger partial charge in [-0.2, -0.15) is 0 Å². The molecule has 0 unspecified atom stereocenters. The van der Waals surface area contributed by atoms with Crippen LogP contribution in [0, 0.1) is 0 Å². The molecule has 1 N–H and O–H groups in total. The minimum atomic E-state index is 0.192. The summed E-state index contributed by atoms with van der Waals surface area (Å²) in [6.45, 7) is 2.22. The lowest BCUT2D eigenvalue weighted by molar-refractivity contribution is 0.296. The second-order valence-corrected chi connectivity index (χ2v) is 6.72. The topological polar surface area (TPSA) is 54.2 Å². The Bertz CT molecular complexity index is 628. The number of rotatable bonds is 6. The third-order valence-electron chi connectivity index (χ3n) is 3.61. The second-order valence-electron chi connectivity index (χ2n) is 5.22. The molecule has 1 aromatic carbocycles. The smallest absolute Gasteiger partial charge is 0.232 e. The molecule has 0 radical (unpaired) electrons. The van der Waals surface area contributed by atoms with E-state index in [9.17, 15) is 0 Å². The van der Waals surface area contributed by atoms with Crippen LogP contribution in [0.5, 0.6) is 0 Å². The van der Waals surface area contributed by atoms with E-state index in [1.165, 1.54) is 12.8 Å². The van der Waals surface area contributed by atoms with Gasteiger partial charge in [-0.05, 0) is 37.5 Å². The molecule has 0 atom stereocenters. The highest BCUT2D eigenvalue weighted by Gasteiger charge is 2.22. The molecule has 1 aliphatic heterocycles. The summed E-state index contributed by atoms with van der Waals surface area (Å²) in [5, 5.41) is 19.3. The molecule has 3 rings (SSSR count). The van der Waals surface area contributed by atoms with E-state index < -0.39 is 0 Å². The van der Waals surface area contributed by atoms with Gasteiger partial charge >= 0.3 is 0 Å². The molecule has 0 aliphatic carbocycles. The first-order chi connectivity index (χ1) is 10.8. The zero-order valence-electron chi connectivity index (χ0n) is 12.3. The maximum Gasteiger partial charge on any atom is 0.232 e. The van der Waals surface area contributed by atoms with E-state index in [1.807, 2.05) is 24.3 Å². The van der Waals surface area contributed by atoms with Crippen molar-refractivity contribution in [1.29, 1.82) is 0 Å². The van der Waals surface area contributed by atoms with E-state index in [0.29, 0.717) is 5.02 Å². The maximum absolute atomic E-state index is 8.96. The van der Waals surface area contributed by atoms with Gasteiger partial charge in [0.1, 0.15) is 0 Å². The van der Waals surface area contributed by atoms with Crippen molar-refractivity contribution in [1.82, 2.24) is 14.8 Å². The lowest BCUT2D eigenvalue weighted by Crippen LogP contribution is -2.22. The summed E-state index contributed by atoms with van der Waals surface area (Å²) in [4.78, 5) is 2.27. The quantitative estimate of drug-likeness (QED) is 0.648. The molecule has 5 nitrogen and oxygen atoms in total. The average molecular weight is 339 g/mol. The van der Waals surface area contributed by atoms with Crippen molar-refractivity contribution in [2.75, 3.05) is 30.3 Å². The van der Waals surface area contributed by atoms with Gasteiger partial charge in [0.25, 0.3) is 0 Å². The molecule has 2 heterocycles. The Morgan fingerprint density at radius 1 is 1.23 bits per heavy atom. The van der Waals surface area contributed by atoms with Crippen LogP contribution in [0.2, 0.25) is 5.02 Å². The number of aliphatic hydroxyl groups is 1. The largest absolute Gasteiger partial charge is 0.396 e. The van der Waals surface area contributed by atoms with Crippen LogP contribution in [-0.4, -0.2) is 45.3 Å². The van der Waals surface area contributed by atoms with Crippen LogP contribution in [0.15, 0.2) is 29.4 Å². The fourth-order valence-corrected chi connectivity index (χ4v) is 3.60. The van der Waals surface area contributed by atoms with Gasteiger partial charge in [0, 0.05) is 30.5 Å². The monoisotopic (exact) mass is 338 g/mol. The van der Waals surface area contributed by atoms with Crippen LogP contribution < -0.4 is 4.90 Å². The van der Waals surface area contributed by atoms with E-state index in [1.54, 1.807) is 11.8 Å². The molecule has 7 heteroatoms. The van der Waals surface area contributed by atoms with Crippen molar-refractivity contribution in [3.8, 4) is 5.69 Å². The minimum Gasteiger partial charge on any atom is -0.396 e. The number of halogens is 1. The number of aliphatic hydroxyl groups excluding tert-OH is 1. The van der Waals surface area contributed by atoms with Crippen LogP contribution in [0.4, 0.5) is 5.95 Å². The zero-order valence-corrected chi connectivity index (χ0v) is 13.9. The van der Waals surface area contributed by atoms with Crippen LogP contribution in [0.1, 0.15) is 19.3 Å². The first-order valence-electron chi connectivity index (χ1n) is 7.49. The van der Waals surface area contributed by atoms with Crippen molar-refractivity contribution < 1.29 is 5.11 Å². The molecule has 0 bridgehead atoms. The van der Waals surface area contributed by atoms with Crippen LogP contribution >= 0.6 is 23.4 Å². The van der Waals surface area contributed by atoms with E-state index in [4.69, 9.17) is 16.7 Å². The first-order valence-corrected chi connectivity index (χ1v) is 8.86. The normalized spacial score (nSPS) is 14.7. The van der Waals surface area contributed by atoms with Crippen molar-refractivity contribution in [2.45, 2.75) is 24.4 Å². The lowest BCUT2D eigenvalue weighted by atomic mass is 10.3. The highest BCUT2D eigenvalue weighted by Crippen LogP contribution is 2.29. The summed E-state index contributed by atoms with van der Waals surface area (Å²) in [7, 11) is 0. The predicted molar refractivity (Wildman–Crippen MR) is 90.2 cm³/mol. The van der Waals surface area contributed by atoms with Crippen molar-refractivity contribution >= 4 is 29.3 Å². The number of benzene rings is 1. The highest BCUT2D eigenvalue weighted by molar-refractivity contribution is 7.99. The molecular weight excluding hydrogens is 320 g/mol. The van der Waals surface area contributed by atoms with Gasteiger partial charge in [0.2, 0.25) is 5.95 Å².